The smallest absolute Gasteiger partial charge is 0.244 e. The van der Waals surface area contributed by atoms with Crippen molar-refractivity contribution < 1.29 is 9.90 Å². The number of hydrogen-bond acceptors (Lipinski definition) is 4. The van der Waals surface area contributed by atoms with E-state index in [1.54, 1.807) is 6.08 Å². The van der Waals surface area contributed by atoms with Gasteiger partial charge in [0.15, 0.2) is 10.1 Å². The Labute approximate surface area is 118 Å². The van der Waals surface area contributed by atoms with E-state index in [0.717, 1.165) is 4.96 Å². The van der Waals surface area contributed by atoms with Crippen molar-refractivity contribution in [1.29, 1.82) is 0 Å². The lowest BCUT2D eigenvalue weighted by Gasteiger charge is -2.31. The molecule has 2 heterocycles. The molecule has 1 aliphatic carbocycles. The van der Waals surface area contributed by atoms with Crippen LogP contribution in [0.5, 0.6) is 0 Å². The van der Waals surface area contributed by atoms with Crippen LogP contribution in [0.3, 0.4) is 0 Å². The number of aliphatic hydroxyl groups is 1. The van der Waals surface area contributed by atoms with Gasteiger partial charge in [0.05, 0.1) is 11.8 Å². The Morgan fingerprint density at radius 2 is 2.42 bits per heavy atom. The predicted molar refractivity (Wildman–Crippen MR) is 74.3 cm³/mol. The molecule has 1 amide bonds. The molecule has 0 aliphatic heterocycles. The van der Waals surface area contributed by atoms with E-state index in [1.165, 1.54) is 17.4 Å². The van der Waals surface area contributed by atoms with Crippen LogP contribution in [0.15, 0.2) is 17.7 Å². The Balaban J connectivity index is 1.69. The van der Waals surface area contributed by atoms with Crippen molar-refractivity contribution in [2.75, 3.05) is 0 Å². The zero-order valence-electron chi connectivity index (χ0n) is 9.91. The maximum atomic E-state index is 11.7. The Kier molecular flexibility index (Phi) is 3.30. The number of rotatable bonds is 3. The first kappa shape index (κ1) is 12.7. The van der Waals surface area contributed by atoms with Crippen molar-refractivity contribution in [2.45, 2.75) is 25.0 Å². The molecule has 1 aliphatic rings. The number of nitrogens with one attached hydrogen (secondary N) is 1. The summed E-state index contributed by atoms with van der Waals surface area (Å²) < 4.78 is 1.84. The lowest BCUT2D eigenvalue weighted by Crippen LogP contribution is -2.46. The van der Waals surface area contributed by atoms with Gasteiger partial charge in [0, 0.05) is 23.7 Å². The van der Waals surface area contributed by atoms with E-state index in [2.05, 4.69) is 10.3 Å². The highest BCUT2D eigenvalue weighted by atomic mass is 35.5. The number of thiazole rings is 1. The third-order valence-corrected chi connectivity index (χ3v) is 4.14. The second-order valence-corrected chi connectivity index (χ2v) is 5.74. The zero-order valence-corrected chi connectivity index (χ0v) is 11.5. The topological polar surface area (TPSA) is 66.6 Å². The summed E-state index contributed by atoms with van der Waals surface area (Å²) in [5.74, 6) is -0.182. The van der Waals surface area contributed by atoms with Gasteiger partial charge in [-0.05, 0) is 18.9 Å². The van der Waals surface area contributed by atoms with Gasteiger partial charge in [-0.15, -0.1) is 11.3 Å². The number of imidazole rings is 1. The number of fused-ring (bicyclic) bond motifs is 1. The molecule has 0 aromatic carbocycles. The molecule has 0 radical (unpaired) electrons. The first-order valence-electron chi connectivity index (χ1n) is 5.91. The molecule has 5 nitrogen and oxygen atoms in total. The highest BCUT2D eigenvalue weighted by molar-refractivity contribution is 7.15. The third-order valence-electron chi connectivity index (χ3n) is 3.11. The molecule has 0 spiro atoms. The van der Waals surface area contributed by atoms with Crippen molar-refractivity contribution in [3.63, 3.8) is 0 Å². The first-order valence-corrected chi connectivity index (χ1v) is 7.17. The van der Waals surface area contributed by atoms with Gasteiger partial charge < -0.3 is 10.4 Å². The number of amides is 1. The monoisotopic (exact) mass is 297 g/mol. The van der Waals surface area contributed by atoms with Crippen LogP contribution in [0.2, 0.25) is 5.15 Å². The molecule has 1 fully saturated rings. The third kappa shape index (κ3) is 2.51. The fourth-order valence-corrected chi connectivity index (χ4v) is 3.04. The number of nitrogens with zero attached hydrogens (tertiary/aromatic N) is 2. The summed E-state index contributed by atoms with van der Waals surface area (Å²) >= 11 is 7.50. The summed E-state index contributed by atoms with van der Waals surface area (Å²) in [5.41, 5.74) is 0.696. The second kappa shape index (κ2) is 4.96. The van der Waals surface area contributed by atoms with E-state index < -0.39 is 0 Å². The number of hydrogen-bond donors (Lipinski definition) is 2. The molecule has 0 bridgehead atoms. The van der Waals surface area contributed by atoms with Gasteiger partial charge in [0.25, 0.3) is 0 Å². The Morgan fingerprint density at radius 3 is 3.16 bits per heavy atom. The minimum absolute atomic E-state index is 0.0780. The molecule has 7 heteroatoms. The summed E-state index contributed by atoms with van der Waals surface area (Å²) in [4.78, 5) is 16.7. The molecule has 2 N–H and O–H groups in total. The van der Waals surface area contributed by atoms with Crippen LogP contribution < -0.4 is 5.32 Å². The van der Waals surface area contributed by atoms with Crippen LogP contribution in [-0.2, 0) is 4.79 Å². The molecular formula is C12H12ClN3O2S. The van der Waals surface area contributed by atoms with Crippen molar-refractivity contribution >= 4 is 39.9 Å². The van der Waals surface area contributed by atoms with Crippen LogP contribution in [0, 0.1) is 0 Å². The predicted octanol–water partition coefficient (Wildman–Crippen LogP) is 1.70. The lowest BCUT2D eigenvalue weighted by molar-refractivity contribution is -0.118. The second-order valence-electron chi connectivity index (χ2n) is 4.51. The van der Waals surface area contributed by atoms with Gasteiger partial charge >= 0.3 is 0 Å². The molecule has 0 unspecified atom stereocenters. The van der Waals surface area contributed by atoms with Crippen LogP contribution in [0.4, 0.5) is 0 Å². The van der Waals surface area contributed by atoms with E-state index in [9.17, 15) is 4.79 Å². The molecule has 2 aromatic heterocycles. The maximum Gasteiger partial charge on any atom is 0.244 e. The number of aromatic nitrogens is 2. The summed E-state index contributed by atoms with van der Waals surface area (Å²) in [6, 6.07) is 0.0780. The fourth-order valence-electron chi connectivity index (χ4n) is 2.04. The Hall–Kier alpha value is -1.37. The Morgan fingerprint density at radius 1 is 1.63 bits per heavy atom. The van der Waals surface area contributed by atoms with E-state index in [-0.39, 0.29) is 18.1 Å². The minimum Gasteiger partial charge on any atom is -0.393 e. The molecule has 1 saturated carbocycles. The van der Waals surface area contributed by atoms with Gasteiger partial charge in [0.2, 0.25) is 5.91 Å². The van der Waals surface area contributed by atoms with Crippen molar-refractivity contribution in [3.05, 3.63) is 28.5 Å². The fraction of sp³-hybridized carbons (Fsp3) is 0.333. The summed E-state index contributed by atoms with van der Waals surface area (Å²) in [6.45, 7) is 0. The van der Waals surface area contributed by atoms with Crippen molar-refractivity contribution in [3.8, 4) is 0 Å². The van der Waals surface area contributed by atoms with E-state index in [1.807, 2.05) is 16.0 Å². The molecular weight excluding hydrogens is 286 g/mol. The van der Waals surface area contributed by atoms with Gasteiger partial charge in [-0.2, -0.15) is 0 Å². The zero-order chi connectivity index (χ0) is 13.4. The van der Waals surface area contributed by atoms with Crippen LogP contribution in [0.1, 0.15) is 18.5 Å². The maximum absolute atomic E-state index is 11.7. The Bertz CT molecular complexity index is 642. The number of carbonyl (C=O) groups excluding carboxylic acids is 1. The molecule has 2 aromatic rings. The molecule has 0 saturated heterocycles. The SMILES string of the molecule is O=C(C=Cc1c(Cl)nc2sccn12)NC1CC(O)C1. The van der Waals surface area contributed by atoms with Crippen LogP contribution in [0.25, 0.3) is 11.0 Å². The first-order chi connectivity index (χ1) is 9.13. The molecule has 0 atom stereocenters. The van der Waals surface area contributed by atoms with Crippen LogP contribution >= 0.6 is 22.9 Å². The van der Waals surface area contributed by atoms with Gasteiger partial charge in [-0.25, -0.2) is 4.98 Å². The quantitative estimate of drug-likeness (QED) is 0.848. The lowest BCUT2D eigenvalue weighted by atomic mass is 9.89. The van der Waals surface area contributed by atoms with Crippen molar-refractivity contribution in [1.82, 2.24) is 14.7 Å². The normalized spacial score (nSPS) is 22.8. The van der Waals surface area contributed by atoms with Gasteiger partial charge in [-0.3, -0.25) is 9.20 Å². The average molecular weight is 298 g/mol. The van der Waals surface area contributed by atoms with E-state index in [4.69, 9.17) is 16.7 Å². The summed E-state index contributed by atoms with van der Waals surface area (Å²) in [6.07, 6.45) is 5.93. The summed E-state index contributed by atoms with van der Waals surface area (Å²) in [5, 5.41) is 14.3. The number of halogens is 1. The highest BCUT2D eigenvalue weighted by Gasteiger charge is 2.27. The highest BCUT2D eigenvalue weighted by Crippen LogP contribution is 2.22. The van der Waals surface area contributed by atoms with Gasteiger partial charge in [-0.1, -0.05) is 11.6 Å². The standard InChI is InChI=1S/C12H12ClN3O2S/c13-11-9(16-3-4-19-12(16)15-11)1-2-10(18)14-7-5-8(17)6-7/h1-4,7-8,17H,5-6H2,(H,14,18). The van der Waals surface area contributed by atoms with E-state index in [0.29, 0.717) is 23.7 Å². The minimum atomic E-state index is -0.274. The van der Waals surface area contributed by atoms with Crippen LogP contribution in [-0.4, -0.2) is 32.5 Å². The summed E-state index contributed by atoms with van der Waals surface area (Å²) in [7, 11) is 0. The average Bonchev–Trinajstić information content (AvgIpc) is 2.85. The van der Waals surface area contributed by atoms with Gasteiger partial charge in [0.1, 0.15) is 0 Å². The van der Waals surface area contributed by atoms with E-state index >= 15 is 0 Å². The largest absolute Gasteiger partial charge is 0.393 e. The molecule has 19 heavy (non-hydrogen) atoms. The number of carbonyl (C=O) groups is 1. The number of aliphatic hydroxyl groups excluding tert-OH is 1. The van der Waals surface area contributed by atoms with Crippen molar-refractivity contribution in [2.24, 2.45) is 0 Å². The molecule has 100 valence electrons. The molecule has 3 rings (SSSR count).